The summed E-state index contributed by atoms with van der Waals surface area (Å²) in [5, 5.41) is 15.4. The summed E-state index contributed by atoms with van der Waals surface area (Å²) in [5.74, 6) is -3.65. The minimum Gasteiger partial charge on any atom is -0.481 e. The standard InChI is InChI=1S/C4H4O4.C3H4O4/c5-3-1-4(6)8-2-7-3;4-2(5)1-3(6)7/h1-2H2;1H2,(H,4,5)(H,6,7). The molecule has 0 aliphatic carbocycles. The first-order valence-corrected chi connectivity index (χ1v) is 3.66. The predicted octanol–water partition coefficient (Wildman–Crippen LogP) is -1.02. The smallest absolute Gasteiger partial charge is 0.320 e. The molecule has 0 bridgehead atoms. The maximum absolute atomic E-state index is 10.2. The molecule has 1 heterocycles. The average molecular weight is 220 g/mol. The Bertz CT molecular complexity index is 255. The van der Waals surface area contributed by atoms with E-state index in [-0.39, 0.29) is 13.2 Å². The van der Waals surface area contributed by atoms with E-state index in [4.69, 9.17) is 10.2 Å². The van der Waals surface area contributed by atoms with Gasteiger partial charge in [-0.15, -0.1) is 0 Å². The molecule has 0 radical (unpaired) electrons. The predicted molar refractivity (Wildman–Crippen MR) is 41.6 cm³/mol. The van der Waals surface area contributed by atoms with Gasteiger partial charge >= 0.3 is 23.9 Å². The molecule has 8 heteroatoms. The summed E-state index contributed by atoms with van der Waals surface area (Å²) < 4.78 is 8.53. The first-order valence-electron chi connectivity index (χ1n) is 3.66. The van der Waals surface area contributed by atoms with Crippen molar-refractivity contribution in [2.75, 3.05) is 6.79 Å². The Labute approximate surface area is 83.4 Å². The Morgan fingerprint density at radius 3 is 1.60 bits per heavy atom. The normalized spacial score (nSPS) is 14.1. The van der Waals surface area contributed by atoms with Crippen LogP contribution in [0, 0.1) is 0 Å². The van der Waals surface area contributed by atoms with Crippen molar-refractivity contribution >= 4 is 23.9 Å². The molecule has 1 aliphatic heterocycles. The molecule has 0 spiro atoms. The highest BCUT2D eigenvalue weighted by atomic mass is 16.7. The number of rotatable bonds is 2. The van der Waals surface area contributed by atoms with Gasteiger partial charge in [-0.3, -0.25) is 19.2 Å². The Morgan fingerprint density at radius 1 is 1.07 bits per heavy atom. The minimum absolute atomic E-state index is 0.225. The SMILES string of the molecule is O=C(O)CC(=O)O.O=C1CC(=O)OCO1. The van der Waals surface area contributed by atoms with Gasteiger partial charge in [0.1, 0.15) is 12.8 Å². The van der Waals surface area contributed by atoms with Gasteiger partial charge in [0.15, 0.2) is 0 Å². The van der Waals surface area contributed by atoms with Crippen LogP contribution in [-0.4, -0.2) is 40.9 Å². The summed E-state index contributed by atoms with van der Waals surface area (Å²) in [7, 11) is 0. The van der Waals surface area contributed by atoms with E-state index >= 15 is 0 Å². The Kier molecular flexibility index (Phi) is 5.45. The van der Waals surface area contributed by atoms with Gasteiger partial charge < -0.3 is 19.7 Å². The molecule has 84 valence electrons. The number of carbonyl (C=O) groups is 4. The molecule has 1 rings (SSSR count). The van der Waals surface area contributed by atoms with Crippen LogP contribution in [0.5, 0.6) is 0 Å². The first kappa shape index (κ1) is 12.9. The Hall–Kier alpha value is -2.12. The van der Waals surface area contributed by atoms with Crippen LogP contribution >= 0.6 is 0 Å². The zero-order valence-corrected chi connectivity index (χ0v) is 7.47. The molecule has 0 atom stereocenters. The number of carboxylic acid groups (broad SMARTS) is 2. The second-order valence-electron chi connectivity index (χ2n) is 2.29. The molecule has 0 aromatic carbocycles. The van der Waals surface area contributed by atoms with Crippen LogP contribution in [0.2, 0.25) is 0 Å². The molecule has 0 unspecified atom stereocenters. The van der Waals surface area contributed by atoms with Gasteiger partial charge in [0, 0.05) is 0 Å². The zero-order valence-electron chi connectivity index (χ0n) is 7.47. The van der Waals surface area contributed by atoms with Crippen LogP contribution in [0.15, 0.2) is 0 Å². The lowest BCUT2D eigenvalue weighted by molar-refractivity contribution is -0.181. The van der Waals surface area contributed by atoms with Crippen molar-refractivity contribution in [3.8, 4) is 0 Å². The Morgan fingerprint density at radius 2 is 1.47 bits per heavy atom. The van der Waals surface area contributed by atoms with Crippen LogP contribution in [0.1, 0.15) is 12.8 Å². The number of esters is 2. The van der Waals surface area contributed by atoms with Crippen molar-refractivity contribution in [1.29, 1.82) is 0 Å². The van der Waals surface area contributed by atoms with E-state index in [1.165, 1.54) is 0 Å². The molecule has 8 nitrogen and oxygen atoms in total. The highest BCUT2D eigenvalue weighted by Gasteiger charge is 2.17. The fraction of sp³-hybridized carbons (Fsp3) is 0.429. The number of carboxylic acids is 2. The van der Waals surface area contributed by atoms with Crippen molar-refractivity contribution in [2.45, 2.75) is 12.8 Å². The van der Waals surface area contributed by atoms with Gasteiger partial charge in [0.25, 0.3) is 0 Å². The summed E-state index contributed by atoms with van der Waals surface area (Å²) in [4.78, 5) is 39.2. The van der Waals surface area contributed by atoms with E-state index in [1.807, 2.05) is 0 Å². The van der Waals surface area contributed by atoms with Crippen molar-refractivity contribution in [2.24, 2.45) is 0 Å². The van der Waals surface area contributed by atoms with Crippen molar-refractivity contribution < 1.29 is 38.9 Å². The maximum atomic E-state index is 10.2. The third-order valence-corrected chi connectivity index (χ3v) is 1.03. The van der Waals surface area contributed by atoms with E-state index in [0.717, 1.165) is 0 Å². The van der Waals surface area contributed by atoms with Gasteiger partial charge in [0.05, 0.1) is 0 Å². The fourth-order valence-corrected chi connectivity index (χ4v) is 0.510. The average Bonchev–Trinajstić information content (AvgIpc) is 2.01. The lowest BCUT2D eigenvalue weighted by Crippen LogP contribution is -2.22. The number of ether oxygens (including phenoxy) is 2. The number of aliphatic carboxylic acids is 2. The molecule has 0 saturated carbocycles. The van der Waals surface area contributed by atoms with E-state index in [1.54, 1.807) is 0 Å². The number of carbonyl (C=O) groups excluding carboxylic acids is 2. The number of cyclic esters (lactones) is 2. The van der Waals surface area contributed by atoms with Gasteiger partial charge in [-0.1, -0.05) is 0 Å². The van der Waals surface area contributed by atoms with E-state index in [0.29, 0.717) is 0 Å². The first-order chi connectivity index (χ1) is 6.91. The topological polar surface area (TPSA) is 127 Å². The highest BCUT2D eigenvalue weighted by Crippen LogP contribution is 1.97. The van der Waals surface area contributed by atoms with Gasteiger partial charge in [-0.25, -0.2) is 0 Å². The Balaban J connectivity index is 0.000000265. The molecule has 0 amide bonds. The van der Waals surface area contributed by atoms with Crippen molar-refractivity contribution in [3.05, 3.63) is 0 Å². The highest BCUT2D eigenvalue weighted by molar-refractivity contribution is 5.92. The molecular weight excluding hydrogens is 212 g/mol. The van der Waals surface area contributed by atoms with E-state index in [9.17, 15) is 19.2 Å². The number of hydrogen-bond donors (Lipinski definition) is 2. The number of hydrogen-bond acceptors (Lipinski definition) is 6. The molecule has 1 fully saturated rings. The molecular formula is C7H8O8. The molecule has 0 aromatic heterocycles. The summed E-state index contributed by atoms with van der Waals surface area (Å²) in [6.45, 7) is -0.225. The minimum atomic E-state index is -1.31. The van der Waals surface area contributed by atoms with Crippen LogP contribution in [0.25, 0.3) is 0 Å². The van der Waals surface area contributed by atoms with Crippen LogP contribution < -0.4 is 0 Å². The second-order valence-corrected chi connectivity index (χ2v) is 2.29. The monoisotopic (exact) mass is 220 g/mol. The zero-order chi connectivity index (χ0) is 11.8. The van der Waals surface area contributed by atoms with Crippen LogP contribution in [0.4, 0.5) is 0 Å². The summed E-state index contributed by atoms with van der Waals surface area (Å²) in [6.07, 6.45) is -1.06. The summed E-state index contributed by atoms with van der Waals surface area (Å²) in [5.41, 5.74) is 0. The third-order valence-electron chi connectivity index (χ3n) is 1.03. The molecule has 0 aromatic rings. The van der Waals surface area contributed by atoms with Crippen LogP contribution in [0.3, 0.4) is 0 Å². The van der Waals surface area contributed by atoms with E-state index < -0.39 is 30.3 Å². The van der Waals surface area contributed by atoms with Crippen molar-refractivity contribution in [1.82, 2.24) is 0 Å². The van der Waals surface area contributed by atoms with Crippen LogP contribution in [-0.2, 0) is 28.7 Å². The third kappa shape index (κ3) is 8.22. The van der Waals surface area contributed by atoms with Crippen molar-refractivity contribution in [3.63, 3.8) is 0 Å². The molecule has 15 heavy (non-hydrogen) atoms. The van der Waals surface area contributed by atoms with Gasteiger partial charge in [0.2, 0.25) is 6.79 Å². The lowest BCUT2D eigenvalue weighted by atomic mass is 10.4. The van der Waals surface area contributed by atoms with Gasteiger partial charge in [-0.2, -0.15) is 0 Å². The molecule has 1 saturated heterocycles. The maximum Gasteiger partial charge on any atom is 0.320 e. The van der Waals surface area contributed by atoms with Gasteiger partial charge in [-0.05, 0) is 0 Å². The molecule has 1 aliphatic rings. The quantitative estimate of drug-likeness (QED) is 0.447. The largest absolute Gasteiger partial charge is 0.481 e. The summed E-state index contributed by atoms with van der Waals surface area (Å²) >= 11 is 0. The fourth-order valence-electron chi connectivity index (χ4n) is 0.510. The molecule has 2 N–H and O–H groups in total. The van der Waals surface area contributed by atoms with E-state index in [2.05, 4.69) is 9.47 Å². The second kappa shape index (κ2) is 6.35. The summed E-state index contributed by atoms with van der Waals surface area (Å²) in [6, 6.07) is 0. The lowest BCUT2D eigenvalue weighted by Gasteiger charge is -2.09.